The van der Waals surface area contributed by atoms with Crippen molar-refractivity contribution in [3.8, 4) is 0 Å². The Kier molecular flexibility index (Phi) is 3.13. The molecule has 0 amide bonds. The zero-order valence-corrected chi connectivity index (χ0v) is 10.1. The molecule has 0 aromatic heterocycles. The molecule has 3 rings (SSSR count). The van der Waals surface area contributed by atoms with Crippen LogP contribution >= 0.6 is 0 Å². The van der Waals surface area contributed by atoms with E-state index in [9.17, 15) is 5.11 Å². The summed E-state index contributed by atoms with van der Waals surface area (Å²) in [7, 11) is 0. The SMILES string of the molecule is O[C@H]1CO[C@H](c2ccccc2)[C@H]1c1ccccc1. The zero-order valence-electron chi connectivity index (χ0n) is 10.1. The molecule has 92 valence electrons. The summed E-state index contributed by atoms with van der Waals surface area (Å²) in [6, 6.07) is 20.2. The summed E-state index contributed by atoms with van der Waals surface area (Å²) in [5, 5.41) is 10.1. The standard InChI is InChI=1S/C16H16O2/c17-14-11-18-16(13-9-5-2-6-10-13)15(14)12-7-3-1-4-8-12/h1-10,14-17H,11H2/t14-,15-,16+/m0/s1. The molecular weight excluding hydrogens is 224 g/mol. The Balaban J connectivity index is 1.96. The molecule has 1 N–H and O–H groups in total. The van der Waals surface area contributed by atoms with Gasteiger partial charge in [-0.2, -0.15) is 0 Å². The Morgan fingerprint density at radius 1 is 0.833 bits per heavy atom. The number of aliphatic hydroxyl groups excluding tert-OH is 1. The minimum Gasteiger partial charge on any atom is -0.390 e. The van der Waals surface area contributed by atoms with Gasteiger partial charge in [-0.15, -0.1) is 0 Å². The Hall–Kier alpha value is -1.64. The highest BCUT2D eigenvalue weighted by Crippen LogP contribution is 2.41. The fourth-order valence-electron chi connectivity index (χ4n) is 2.63. The quantitative estimate of drug-likeness (QED) is 0.874. The molecule has 0 unspecified atom stereocenters. The Morgan fingerprint density at radius 3 is 2.00 bits per heavy atom. The molecule has 0 aliphatic carbocycles. The van der Waals surface area contributed by atoms with Crippen LogP contribution in [0.15, 0.2) is 60.7 Å². The molecule has 0 saturated carbocycles. The van der Waals surface area contributed by atoms with E-state index < -0.39 is 6.10 Å². The molecule has 1 aliphatic heterocycles. The smallest absolute Gasteiger partial charge is 0.0920 e. The van der Waals surface area contributed by atoms with Crippen molar-refractivity contribution in [2.24, 2.45) is 0 Å². The third-order valence-electron chi connectivity index (χ3n) is 3.50. The van der Waals surface area contributed by atoms with Gasteiger partial charge in [-0.3, -0.25) is 0 Å². The number of aliphatic hydroxyl groups is 1. The van der Waals surface area contributed by atoms with Crippen molar-refractivity contribution in [3.63, 3.8) is 0 Å². The molecule has 18 heavy (non-hydrogen) atoms. The maximum absolute atomic E-state index is 10.1. The van der Waals surface area contributed by atoms with Crippen molar-refractivity contribution < 1.29 is 9.84 Å². The highest BCUT2D eigenvalue weighted by Gasteiger charge is 2.37. The van der Waals surface area contributed by atoms with Gasteiger partial charge in [0.15, 0.2) is 0 Å². The number of hydrogen-bond acceptors (Lipinski definition) is 2. The van der Waals surface area contributed by atoms with Crippen LogP contribution in [0.1, 0.15) is 23.1 Å². The van der Waals surface area contributed by atoms with Crippen LogP contribution < -0.4 is 0 Å². The van der Waals surface area contributed by atoms with E-state index in [0.717, 1.165) is 11.1 Å². The van der Waals surface area contributed by atoms with Gasteiger partial charge in [0, 0.05) is 5.92 Å². The first-order valence-corrected chi connectivity index (χ1v) is 6.26. The van der Waals surface area contributed by atoms with E-state index in [1.165, 1.54) is 0 Å². The van der Waals surface area contributed by atoms with E-state index in [2.05, 4.69) is 24.3 Å². The maximum atomic E-state index is 10.1. The van der Waals surface area contributed by atoms with Crippen LogP contribution in [-0.4, -0.2) is 17.8 Å². The third-order valence-corrected chi connectivity index (χ3v) is 3.50. The summed E-state index contributed by atoms with van der Waals surface area (Å²) < 4.78 is 5.77. The molecule has 0 spiro atoms. The van der Waals surface area contributed by atoms with Crippen LogP contribution in [0.25, 0.3) is 0 Å². The summed E-state index contributed by atoms with van der Waals surface area (Å²) >= 11 is 0. The number of hydrogen-bond donors (Lipinski definition) is 1. The summed E-state index contributed by atoms with van der Waals surface area (Å²) in [4.78, 5) is 0. The van der Waals surface area contributed by atoms with E-state index in [1.807, 2.05) is 36.4 Å². The van der Waals surface area contributed by atoms with Crippen molar-refractivity contribution in [1.29, 1.82) is 0 Å². The highest BCUT2D eigenvalue weighted by atomic mass is 16.5. The van der Waals surface area contributed by atoms with Crippen molar-refractivity contribution in [3.05, 3.63) is 71.8 Å². The first-order chi connectivity index (χ1) is 8.86. The van der Waals surface area contributed by atoms with E-state index in [1.54, 1.807) is 0 Å². The van der Waals surface area contributed by atoms with E-state index >= 15 is 0 Å². The Morgan fingerprint density at radius 2 is 1.39 bits per heavy atom. The molecule has 2 heteroatoms. The molecule has 0 bridgehead atoms. The fourth-order valence-corrected chi connectivity index (χ4v) is 2.63. The van der Waals surface area contributed by atoms with Gasteiger partial charge >= 0.3 is 0 Å². The van der Waals surface area contributed by atoms with Crippen molar-refractivity contribution >= 4 is 0 Å². The fraction of sp³-hybridized carbons (Fsp3) is 0.250. The molecule has 1 aliphatic rings. The van der Waals surface area contributed by atoms with Crippen LogP contribution in [-0.2, 0) is 4.74 Å². The second-order valence-corrected chi connectivity index (χ2v) is 4.67. The Bertz CT molecular complexity index is 495. The largest absolute Gasteiger partial charge is 0.390 e. The molecule has 1 saturated heterocycles. The maximum Gasteiger partial charge on any atom is 0.0920 e. The van der Waals surface area contributed by atoms with Gasteiger partial charge in [0.05, 0.1) is 18.8 Å². The molecule has 1 heterocycles. The van der Waals surface area contributed by atoms with Gasteiger partial charge in [0.1, 0.15) is 0 Å². The molecular formula is C16H16O2. The van der Waals surface area contributed by atoms with Gasteiger partial charge in [-0.05, 0) is 11.1 Å². The predicted molar refractivity (Wildman–Crippen MR) is 70.3 cm³/mol. The van der Waals surface area contributed by atoms with Crippen LogP contribution in [0.3, 0.4) is 0 Å². The van der Waals surface area contributed by atoms with Crippen LogP contribution in [0.2, 0.25) is 0 Å². The molecule has 1 fully saturated rings. The first-order valence-electron chi connectivity index (χ1n) is 6.26. The predicted octanol–water partition coefficient (Wildman–Crippen LogP) is 2.90. The van der Waals surface area contributed by atoms with E-state index in [4.69, 9.17) is 4.74 Å². The Labute approximate surface area is 107 Å². The average molecular weight is 240 g/mol. The third kappa shape index (κ3) is 2.05. The lowest BCUT2D eigenvalue weighted by Gasteiger charge is -2.21. The second kappa shape index (κ2) is 4.92. The first kappa shape index (κ1) is 11.5. The lowest BCUT2D eigenvalue weighted by molar-refractivity contribution is 0.0882. The lowest BCUT2D eigenvalue weighted by Crippen LogP contribution is -2.17. The zero-order chi connectivity index (χ0) is 12.4. The number of rotatable bonds is 2. The lowest BCUT2D eigenvalue weighted by atomic mass is 9.87. The van der Waals surface area contributed by atoms with Gasteiger partial charge in [0.2, 0.25) is 0 Å². The van der Waals surface area contributed by atoms with Crippen LogP contribution in [0.4, 0.5) is 0 Å². The summed E-state index contributed by atoms with van der Waals surface area (Å²) in [5.74, 6) is 0.0219. The molecule has 0 radical (unpaired) electrons. The van der Waals surface area contributed by atoms with Gasteiger partial charge in [-0.1, -0.05) is 60.7 Å². The van der Waals surface area contributed by atoms with E-state index in [0.29, 0.717) is 6.61 Å². The normalized spacial score (nSPS) is 27.3. The van der Waals surface area contributed by atoms with Crippen molar-refractivity contribution in [2.45, 2.75) is 18.1 Å². The minimum atomic E-state index is -0.433. The molecule has 2 nitrogen and oxygen atoms in total. The van der Waals surface area contributed by atoms with Crippen LogP contribution in [0.5, 0.6) is 0 Å². The second-order valence-electron chi connectivity index (χ2n) is 4.67. The van der Waals surface area contributed by atoms with Gasteiger partial charge in [-0.25, -0.2) is 0 Å². The average Bonchev–Trinajstić information content (AvgIpc) is 2.83. The molecule has 3 atom stereocenters. The summed E-state index contributed by atoms with van der Waals surface area (Å²) in [6.07, 6.45) is -0.485. The molecule has 2 aromatic rings. The van der Waals surface area contributed by atoms with Gasteiger partial charge in [0.25, 0.3) is 0 Å². The summed E-state index contributed by atoms with van der Waals surface area (Å²) in [5.41, 5.74) is 2.26. The molecule has 2 aromatic carbocycles. The van der Waals surface area contributed by atoms with Crippen molar-refractivity contribution in [2.75, 3.05) is 6.61 Å². The number of benzene rings is 2. The van der Waals surface area contributed by atoms with E-state index in [-0.39, 0.29) is 12.0 Å². The topological polar surface area (TPSA) is 29.5 Å². The summed E-state index contributed by atoms with van der Waals surface area (Å²) in [6.45, 7) is 0.402. The van der Waals surface area contributed by atoms with Gasteiger partial charge < -0.3 is 9.84 Å². The minimum absolute atomic E-state index is 0.0219. The number of ether oxygens (including phenoxy) is 1. The monoisotopic (exact) mass is 240 g/mol. The van der Waals surface area contributed by atoms with Crippen LogP contribution in [0, 0.1) is 0 Å². The van der Waals surface area contributed by atoms with Crippen molar-refractivity contribution in [1.82, 2.24) is 0 Å². The highest BCUT2D eigenvalue weighted by molar-refractivity contribution is 5.29.